The van der Waals surface area contributed by atoms with E-state index in [1.54, 1.807) is 7.11 Å². The SMILES string of the molecule is COC[C@H]1CN[C@H](C)CN1CC(=O)N1CC(C)(C)c2ccc(Oc3c(C)cccc3C)cc21.Cl. The van der Waals surface area contributed by atoms with Gasteiger partial charge < -0.3 is 19.7 Å². The number of benzene rings is 2. The average Bonchev–Trinajstić information content (AvgIpc) is 3.03. The van der Waals surface area contributed by atoms with Crippen LogP contribution in [-0.2, 0) is 14.9 Å². The maximum Gasteiger partial charge on any atom is 0.241 e. The number of carbonyl (C=O) groups excluding carboxylic acids is 1. The van der Waals surface area contributed by atoms with Crippen molar-refractivity contribution < 1.29 is 14.3 Å². The third kappa shape index (κ3) is 5.41. The summed E-state index contributed by atoms with van der Waals surface area (Å²) < 4.78 is 11.7. The Kier molecular flexibility index (Phi) is 8.30. The Balaban J connectivity index is 0.00000324. The monoisotopic (exact) mass is 487 g/mol. The van der Waals surface area contributed by atoms with Crippen molar-refractivity contribution in [1.82, 2.24) is 10.2 Å². The molecule has 0 aliphatic carbocycles. The molecule has 0 unspecified atom stereocenters. The van der Waals surface area contributed by atoms with Crippen molar-refractivity contribution in [1.29, 1.82) is 0 Å². The summed E-state index contributed by atoms with van der Waals surface area (Å²) >= 11 is 0. The van der Waals surface area contributed by atoms with E-state index in [4.69, 9.17) is 9.47 Å². The number of ether oxygens (including phenoxy) is 2. The van der Waals surface area contributed by atoms with E-state index in [0.717, 1.165) is 41.4 Å². The molecule has 4 rings (SSSR count). The average molecular weight is 488 g/mol. The maximum atomic E-state index is 13.6. The summed E-state index contributed by atoms with van der Waals surface area (Å²) in [6, 6.07) is 12.9. The highest BCUT2D eigenvalue weighted by Gasteiger charge is 2.39. The van der Waals surface area contributed by atoms with Crippen LogP contribution in [0.5, 0.6) is 11.5 Å². The molecule has 1 saturated heterocycles. The zero-order chi connectivity index (χ0) is 23.8. The summed E-state index contributed by atoms with van der Waals surface area (Å²) in [6.45, 7) is 14.0. The lowest BCUT2D eigenvalue weighted by Gasteiger charge is -2.39. The molecule has 0 saturated carbocycles. The highest BCUT2D eigenvalue weighted by atomic mass is 35.5. The van der Waals surface area contributed by atoms with Gasteiger partial charge in [-0.25, -0.2) is 0 Å². The molecular weight excluding hydrogens is 450 g/mol. The Hall–Kier alpha value is -2.12. The Morgan fingerprint density at radius 1 is 1.18 bits per heavy atom. The number of hydrogen-bond acceptors (Lipinski definition) is 5. The number of carbonyl (C=O) groups is 1. The predicted octanol–water partition coefficient (Wildman–Crippen LogP) is 4.45. The Morgan fingerprint density at radius 2 is 1.88 bits per heavy atom. The Morgan fingerprint density at radius 3 is 2.56 bits per heavy atom. The number of piperazine rings is 1. The van der Waals surface area contributed by atoms with Crippen LogP contribution in [0.2, 0.25) is 0 Å². The molecule has 0 aromatic heterocycles. The number of methoxy groups -OCH3 is 1. The number of rotatable bonds is 6. The molecule has 186 valence electrons. The minimum absolute atomic E-state index is 0. The third-order valence-corrected chi connectivity index (χ3v) is 6.90. The van der Waals surface area contributed by atoms with Crippen LogP contribution >= 0.6 is 12.4 Å². The van der Waals surface area contributed by atoms with E-state index in [1.165, 1.54) is 5.56 Å². The van der Waals surface area contributed by atoms with Crippen molar-refractivity contribution in [2.24, 2.45) is 0 Å². The molecule has 2 atom stereocenters. The smallest absolute Gasteiger partial charge is 0.241 e. The number of fused-ring (bicyclic) bond motifs is 1. The molecule has 2 aromatic rings. The van der Waals surface area contributed by atoms with Gasteiger partial charge in [-0.1, -0.05) is 38.1 Å². The lowest BCUT2D eigenvalue weighted by Crippen LogP contribution is -2.59. The first kappa shape index (κ1) is 26.5. The first-order chi connectivity index (χ1) is 15.7. The van der Waals surface area contributed by atoms with Crippen LogP contribution in [0.4, 0.5) is 5.69 Å². The van der Waals surface area contributed by atoms with Gasteiger partial charge in [-0.05, 0) is 43.5 Å². The minimum atomic E-state index is -0.106. The van der Waals surface area contributed by atoms with Crippen molar-refractivity contribution in [2.45, 2.75) is 52.1 Å². The standard InChI is InChI=1S/C27H37N3O3.ClH/c1-18-8-7-9-19(2)26(18)33-22-10-11-23-24(12-22)30(17-27(23,4)5)25(31)15-29-14-20(3)28-13-21(29)16-32-6;/h7-12,20-21,28H,13-17H2,1-6H3;1H/t20-,21-;/m1./s1. The van der Waals surface area contributed by atoms with Gasteiger partial charge in [-0.3, -0.25) is 9.69 Å². The van der Waals surface area contributed by atoms with Crippen LogP contribution in [0.3, 0.4) is 0 Å². The molecular formula is C27H38ClN3O3. The van der Waals surface area contributed by atoms with Gasteiger partial charge in [0.05, 0.1) is 18.8 Å². The molecule has 6 nitrogen and oxygen atoms in total. The van der Waals surface area contributed by atoms with Crippen LogP contribution in [0.1, 0.15) is 37.5 Å². The van der Waals surface area contributed by atoms with Gasteiger partial charge in [0.25, 0.3) is 0 Å². The largest absolute Gasteiger partial charge is 0.457 e. The van der Waals surface area contributed by atoms with E-state index in [-0.39, 0.29) is 29.8 Å². The summed E-state index contributed by atoms with van der Waals surface area (Å²) in [7, 11) is 1.72. The fourth-order valence-electron chi connectivity index (χ4n) is 5.08. The fourth-order valence-corrected chi connectivity index (χ4v) is 5.08. The number of amides is 1. The highest BCUT2D eigenvalue weighted by Crippen LogP contribution is 2.43. The molecule has 34 heavy (non-hydrogen) atoms. The van der Waals surface area contributed by atoms with Crippen molar-refractivity contribution >= 4 is 24.0 Å². The second kappa shape index (κ2) is 10.6. The molecule has 2 aliphatic rings. The number of hydrogen-bond donors (Lipinski definition) is 1. The lowest BCUT2D eigenvalue weighted by molar-refractivity contribution is -0.121. The van der Waals surface area contributed by atoms with Crippen LogP contribution in [-0.4, -0.2) is 62.8 Å². The van der Waals surface area contributed by atoms with E-state index >= 15 is 0 Å². The normalized spacial score (nSPS) is 21.6. The van der Waals surface area contributed by atoms with Gasteiger partial charge >= 0.3 is 0 Å². The first-order valence-corrected chi connectivity index (χ1v) is 11.8. The Labute approximate surface area is 210 Å². The number of anilines is 1. The maximum absolute atomic E-state index is 13.6. The summed E-state index contributed by atoms with van der Waals surface area (Å²) in [4.78, 5) is 17.8. The highest BCUT2D eigenvalue weighted by molar-refractivity contribution is 5.98. The van der Waals surface area contributed by atoms with Gasteiger partial charge in [0.15, 0.2) is 0 Å². The van der Waals surface area contributed by atoms with Crippen LogP contribution in [0.25, 0.3) is 0 Å². The van der Waals surface area contributed by atoms with Crippen LogP contribution < -0.4 is 15.0 Å². The van der Waals surface area contributed by atoms with E-state index in [2.05, 4.69) is 63.0 Å². The Bertz CT molecular complexity index is 1010. The third-order valence-electron chi connectivity index (χ3n) is 6.90. The molecule has 1 N–H and O–H groups in total. The quantitative estimate of drug-likeness (QED) is 0.652. The van der Waals surface area contributed by atoms with E-state index < -0.39 is 0 Å². The van der Waals surface area contributed by atoms with Gasteiger partial charge in [-0.15, -0.1) is 12.4 Å². The fraction of sp³-hybridized carbons (Fsp3) is 0.519. The molecule has 2 heterocycles. The number of aryl methyl sites for hydroxylation is 2. The molecule has 0 radical (unpaired) electrons. The number of nitrogens with one attached hydrogen (secondary N) is 1. The van der Waals surface area contributed by atoms with Gasteiger partial charge in [0.1, 0.15) is 11.5 Å². The number of para-hydroxylation sites is 1. The van der Waals surface area contributed by atoms with Crippen molar-refractivity contribution in [3.8, 4) is 11.5 Å². The van der Waals surface area contributed by atoms with Gasteiger partial charge in [0, 0.05) is 50.3 Å². The molecule has 7 heteroatoms. The summed E-state index contributed by atoms with van der Waals surface area (Å²) in [5.74, 6) is 1.76. The summed E-state index contributed by atoms with van der Waals surface area (Å²) in [6.07, 6.45) is 0. The minimum Gasteiger partial charge on any atom is -0.457 e. The number of halogens is 1. The lowest BCUT2D eigenvalue weighted by atomic mass is 9.87. The molecule has 1 amide bonds. The van der Waals surface area contributed by atoms with Gasteiger partial charge in [0.2, 0.25) is 5.91 Å². The molecule has 0 spiro atoms. The topological polar surface area (TPSA) is 54.0 Å². The van der Waals surface area contributed by atoms with E-state index in [9.17, 15) is 4.79 Å². The van der Waals surface area contributed by atoms with Crippen LogP contribution in [0, 0.1) is 13.8 Å². The summed E-state index contributed by atoms with van der Waals surface area (Å²) in [5.41, 5.74) is 4.23. The van der Waals surface area contributed by atoms with Gasteiger partial charge in [-0.2, -0.15) is 0 Å². The zero-order valence-corrected chi connectivity index (χ0v) is 22.0. The number of nitrogens with zero attached hydrogens (tertiary/aromatic N) is 2. The van der Waals surface area contributed by atoms with Crippen molar-refractivity contribution in [3.63, 3.8) is 0 Å². The second-order valence-electron chi connectivity index (χ2n) is 10.2. The van der Waals surface area contributed by atoms with Crippen molar-refractivity contribution in [3.05, 3.63) is 53.1 Å². The van der Waals surface area contributed by atoms with E-state index in [1.807, 2.05) is 23.1 Å². The molecule has 1 fully saturated rings. The molecule has 2 aliphatic heterocycles. The van der Waals surface area contributed by atoms with Crippen LogP contribution in [0.15, 0.2) is 36.4 Å². The second-order valence-corrected chi connectivity index (χ2v) is 10.2. The summed E-state index contributed by atoms with van der Waals surface area (Å²) in [5, 5.41) is 3.49. The zero-order valence-electron chi connectivity index (χ0n) is 21.2. The first-order valence-electron chi connectivity index (χ1n) is 11.8. The van der Waals surface area contributed by atoms with Crippen molar-refractivity contribution in [2.75, 3.05) is 44.8 Å². The predicted molar refractivity (Wildman–Crippen MR) is 140 cm³/mol. The van der Waals surface area contributed by atoms with E-state index in [0.29, 0.717) is 25.7 Å². The molecule has 0 bridgehead atoms. The molecule has 2 aromatic carbocycles.